The van der Waals surface area contributed by atoms with Crippen molar-refractivity contribution in [2.75, 3.05) is 11.9 Å². The Balaban J connectivity index is 1.34. The molecule has 13 heteroatoms. The van der Waals surface area contributed by atoms with E-state index < -0.39 is 17.6 Å². The highest BCUT2D eigenvalue weighted by molar-refractivity contribution is 9.10. The standard InChI is InChI=1S/C28H23BrClF3N4O3S/c1-2-39-24-11-18(10-23(29)26(24)40-15-17-6-8-20(30)9-7-17)14-34-37-25(38)13-22-16-41-27(36-22)35-21-5-3-4-19(12-21)28(31,32)33/h3-12,14,16H,2,13,15H2,1H3,(H,35,36)(H,37,38)/b34-14-. The number of nitrogens with zero attached hydrogens (tertiary/aromatic N) is 2. The van der Waals surface area contributed by atoms with Crippen LogP contribution in [0.2, 0.25) is 5.02 Å². The zero-order valence-corrected chi connectivity index (χ0v) is 24.6. The number of anilines is 2. The Bertz CT molecular complexity index is 1530. The van der Waals surface area contributed by atoms with Crippen LogP contribution in [0.5, 0.6) is 11.5 Å². The number of hydrogen-bond donors (Lipinski definition) is 2. The second-order valence-electron chi connectivity index (χ2n) is 8.50. The molecule has 0 radical (unpaired) electrons. The molecule has 0 aliphatic rings. The molecular weight excluding hydrogens is 645 g/mol. The molecule has 0 unspecified atom stereocenters. The van der Waals surface area contributed by atoms with E-state index in [1.807, 2.05) is 19.1 Å². The van der Waals surface area contributed by atoms with Crippen LogP contribution in [-0.4, -0.2) is 23.7 Å². The topological polar surface area (TPSA) is 84.8 Å². The quantitative estimate of drug-likeness (QED) is 0.125. The summed E-state index contributed by atoms with van der Waals surface area (Å²) in [4.78, 5) is 16.7. The molecule has 4 rings (SSSR count). The van der Waals surface area contributed by atoms with E-state index in [2.05, 4.69) is 36.8 Å². The van der Waals surface area contributed by atoms with Gasteiger partial charge in [0.15, 0.2) is 16.6 Å². The van der Waals surface area contributed by atoms with Crippen LogP contribution < -0.4 is 20.2 Å². The summed E-state index contributed by atoms with van der Waals surface area (Å²) in [5, 5.41) is 9.50. The molecule has 0 fully saturated rings. The lowest BCUT2D eigenvalue weighted by Crippen LogP contribution is -2.20. The zero-order chi connectivity index (χ0) is 29.4. The first-order valence-corrected chi connectivity index (χ1v) is 14.2. The average molecular weight is 668 g/mol. The van der Waals surface area contributed by atoms with Gasteiger partial charge < -0.3 is 14.8 Å². The molecule has 0 atom stereocenters. The number of rotatable bonds is 11. The van der Waals surface area contributed by atoms with E-state index in [0.29, 0.717) is 50.6 Å². The number of nitrogens with one attached hydrogen (secondary N) is 2. The number of thiazole rings is 1. The SMILES string of the molecule is CCOc1cc(/C=N\NC(=O)Cc2csc(Nc3cccc(C(F)(F)F)c3)n2)cc(Br)c1OCc1ccc(Cl)cc1. The van der Waals surface area contributed by atoms with E-state index in [1.54, 1.807) is 29.6 Å². The van der Waals surface area contributed by atoms with Crippen molar-refractivity contribution in [1.82, 2.24) is 10.4 Å². The second-order valence-corrected chi connectivity index (χ2v) is 10.6. The average Bonchev–Trinajstić information content (AvgIpc) is 3.35. The van der Waals surface area contributed by atoms with E-state index in [-0.39, 0.29) is 12.1 Å². The van der Waals surface area contributed by atoms with Gasteiger partial charge in [0.1, 0.15) is 6.61 Å². The highest BCUT2D eigenvalue weighted by atomic mass is 79.9. The zero-order valence-electron chi connectivity index (χ0n) is 21.5. The number of hydrazone groups is 1. The predicted octanol–water partition coefficient (Wildman–Crippen LogP) is 7.99. The smallest absolute Gasteiger partial charge is 0.416 e. The van der Waals surface area contributed by atoms with Gasteiger partial charge in [-0.15, -0.1) is 11.3 Å². The van der Waals surface area contributed by atoms with Crippen LogP contribution in [0.4, 0.5) is 24.0 Å². The third-order valence-electron chi connectivity index (χ3n) is 5.37. The number of amides is 1. The molecule has 0 spiro atoms. The normalized spacial score (nSPS) is 11.5. The second kappa shape index (κ2) is 13.8. The summed E-state index contributed by atoms with van der Waals surface area (Å²) in [6.45, 7) is 2.59. The molecule has 0 saturated carbocycles. The molecule has 1 aromatic heterocycles. The number of ether oxygens (including phenoxy) is 2. The minimum absolute atomic E-state index is 0.0660. The first kappa shape index (κ1) is 30.4. The Kier molecular flexibility index (Phi) is 10.2. The maximum Gasteiger partial charge on any atom is 0.416 e. The third-order valence-corrected chi connectivity index (χ3v) is 7.01. The van der Waals surface area contributed by atoms with E-state index in [1.165, 1.54) is 29.7 Å². The summed E-state index contributed by atoms with van der Waals surface area (Å²) in [7, 11) is 0. The fourth-order valence-corrected chi connectivity index (χ4v) is 4.96. The summed E-state index contributed by atoms with van der Waals surface area (Å²) in [6, 6.07) is 15.7. The van der Waals surface area contributed by atoms with Crippen LogP contribution >= 0.6 is 38.9 Å². The van der Waals surface area contributed by atoms with Gasteiger partial charge >= 0.3 is 6.18 Å². The van der Waals surface area contributed by atoms with Crippen molar-refractivity contribution in [3.05, 3.63) is 97.9 Å². The number of carbonyl (C=O) groups excluding carboxylic acids is 1. The van der Waals surface area contributed by atoms with Crippen LogP contribution in [0, 0.1) is 0 Å². The molecule has 1 heterocycles. The van der Waals surface area contributed by atoms with Crippen LogP contribution in [0.1, 0.15) is 29.3 Å². The Labute approximate surface area is 251 Å². The van der Waals surface area contributed by atoms with Gasteiger partial charge in [-0.05, 0) is 76.4 Å². The first-order chi connectivity index (χ1) is 19.6. The number of aromatic nitrogens is 1. The van der Waals surface area contributed by atoms with E-state index in [9.17, 15) is 18.0 Å². The van der Waals surface area contributed by atoms with Gasteiger partial charge in [-0.3, -0.25) is 4.79 Å². The molecule has 7 nitrogen and oxygen atoms in total. The minimum atomic E-state index is -4.45. The lowest BCUT2D eigenvalue weighted by molar-refractivity contribution is -0.137. The number of alkyl halides is 3. The summed E-state index contributed by atoms with van der Waals surface area (Å²) < 4.78 is 51.2. The molecule has 2 N–H and O–H groups in total. The number of hydrogen-bond acceptors (Lipinski definition) is 7. The van der Waals surface area contributed by atoms with Crippen LogP contribution in [0.25, 0.3) is 0 Å². The Hall–Kier alpha value is -3.61. The van der Waals surface area contributed by atoms with Gasteiger partial charge in [-0.25, -0.2) is 10.4 Å². The highest BCUT2D eigenvalue weighted by Crippen LogP contribution is 2.37. The Morgan fingerprint density at radius 3 is 2.66 bits per heavy atom. The molecule has 214 valence electrons. The molecule has 0 aliphatic heterocycles. The van der Waals surface area contributed by atoms with Crippen LogP contribution in [0.15, 0.2) is 75.6 Å². The van der Waals surface area contributed by atoms with Crippen molar-refractivity contribution >= 4 is 61.8 Å². The van der Waals surface area contributed by atoms with Crippen molar-refractivity contribution in [3.63, 3.8) is 0 Å². The molecular formula is C28H23BrClF3N4O3S. The molecule has 0 aliphatic carbocycles. The van der Waals surface area contributed by atoms with Crippen molar-refractivity contribution in [3.8, 4) is 11.5 Å². The molecule has 0 bridgehead atoms. The number of benzene rings is 3. The van der Waals surface area contributed by atoms with Crippen LogP contribution in [-0.2, 0) is 24.0 Å². The fraction of sp³-hybridized carbons (Fsp3) is 0.179. The van der Waals surface area contributed by atoms with Crippen LogP contribution in [0.3, 0.4) is 0 Å². The molecule has 3 aromatic carbocycles. The first-order valence-electron chi connectivity index (χ1n) is 12.1. The van der Waals surface area contributed by atoms with E-state index in [4.69, 9.17) is 21.1 Å². The largest absolute Gasteiger partial charge is 0.490 e. The van der Waals surface area contributed by atoms with Crippen molar-refractivity contribution in [2.45, 2.75) is 26.1 Å². The van der Waals surface area contributed by atoms with Crippen molar-refractivity contribution < 1.29 is 27.4 Å². The van der Waals surface area contributed by atoms with Gasteiger partial charge in [-0.1, -0.05) is 29.8 Å². The monoisotopic (exact) mass is 666 g/mol. The molecule has 0 saturated heterocycles. The lowest BCUT2D eigenvalue weighted by Gasteiger charge is -2.14. The molecule has 41 heavy (non-hydrogen) atoms. The maximum absolute atomic E-state index is 12.9. The van der Waals surface area contributed by atoms with Gasteiger partial charge in [0, 0.05) is 16.1 Å². The minimum Gasteiger partial charge on any atom is -0.490 e. The third kappa shape index (κ3) is 8.94. The number of halogens is 5. The number of carbonyl (C=O) groups is 1. The Morgan fingerprint density at radius 2 is 1.93 bits per heavy atom. The lowest BCUT2D eigenvalue weighted by atomic mass is 10.2. The van der Waals surface area contributed by atoms with Gasteiger partial charge in [0.25, 0.3) is 0 Å². The van der Waals surface area contributed by atoms with Gasteiger partial charge in [-0.2, -0.15) is 18.3 Å². The fourth-order valence-electron chi connectivity index (χ4n) is 3.53. The van der Waals surface area contributed by atoms with Gasteiger partial charge in [0.2, 0.25) is 5.91 Å². The summed E-state index contributed by atoms with van der Waals surface area (Å²) in [5.41, 5.74) is 3.97. The van der Waals surface area contributed by atoms with E-state index in [0.717, 1.165) is 17.7 Å². The summed E-state index contributed by atoms with van der Waals surface area (Å²) in [6.07, 6.45) is -3.04. The highest BCUT2D eigenvalue weighted by Gasteiger charge is 2.30. The van der Waals surface area contributed by atoms with Crippen molar-refractivity contribution in [1.29, 1.82) is 0 Å². The Morgan fingerprint density at radius 1 is 1.15 bits per heavy atom. The van der Waals surface area contributed by atoms with E-state index >= 15 is 0 Å². The van der Waals surface area contributed by atoms with Gasteiger partial charge in [0.05, 0.1) is 35.0 Å². The molecule has 1 amide bonds. The molecule has 4 aromatic rings. The summed E-state index contributed by atoms with van der Waals surface area (Å²) >= 11 is 10.6. The maximum atomic E-state index is 12.9. The van der Waals surface area contributed by atoms with Crippen molar-refractivity contribution in [2.24, 2.45) is 5.10 Å². The predicted molar refractivity (Wildman–Crippen MR) is 157 cm³/mol. The summed E-state index contributed by atoms with van der Waals surface area (Å²) in [5.74, 6) is 0.622.